The topological polar surface area (TPSA) is 54.9 Å². The third-order valence-corrected chi connectivity index (χ3v) is 5.44. The van der Waals surface area contributed by atoms with Crippen LogP contribution in [0.5, 0.6) is 0 Å². The van der Waals surface area contributed by atoms with Crippen LogP contribution in [0.4, 0.5) is 5.13 Å². The van der Waals surface area contributed by atoms with E-state index in [1.807, 2.05) is 14.1 Å². The van der Waals surface area contributed by atoms with Gasteiger partial charge in [0, 0.05) is 6.54 Å². The van der Waals surface area contributed by atoms with Gasteiger partial charge in [-0.3, -0.25) is 9.69 Å². The molecule has 0 spiro atoms. The first kappa shape index (κ1) is 18.7. The maximum absolute atomic E-state index is 13.0. The van der Waals surface area contributed by atoms with Gasteiger partial charge in [0.2, 0.25) is 5.76 Å². The molecule has 0 aliphatic carbocycles. The Morgan fingerprint density at radius 1 is 1.23 bits per heavy atom. The van der Waals surface area contributed by atoms with E-state index in [1.165, 1.54) is 23.2 Å². The van der Waals surface area contributed by atoms with Gasteiger partial charge in [-0.1, -0.05) is 17.4 Å². The molecule has 0 unspecified atom stereocenters. The molecule has 7 heteroatoms. The van der Waals surface area contributed by atoms with E-state index in [0.717, 1.165) is 28.7 Å². The van der Waals surface area contributed by atoms with Gasteiger partial charge in [0.05, 0.1) is 10.2 Å². The van der Waals surface area contributed by atoms with E-state index in [0.29, 0.717) is 24.9 Å². The van der Waals surface area contributed by atoms with E-state index in [4.69, 9.17) is 14.5 Å². The van der Waals surface area contributed by atoms with Crippen molar-refractivity contribution < 1.29 is 14.3 Å². The molecule has 1 aromatic heterocycles. The van der Waals surface area contributed by atoms with Crippen molar-refractivity contribution in [2.75, 3.05) is 45.3 Å². The summed E-state index contributed by atoms with van der Waals surface area (Å²) in [4.78, 5) is 21.6. The number of amides is 1. The summed E-state index contributed by atoms with van der Waals surface area (Å²) in [6, 6.07) is 4.17. The smallest absolute Gasteiger partial charge is 0.298 e. The highest BCUT2D eigenvalue weighted by molar-refractivity contribution is 7.22. The zero-order valence-electron chi connectivity index (χ0n) is 15.7. The van der Waals surface area contributed by atoms with Crippen molar-refractivity contribution in [1.82, 2.24) is 9.88 Å². The number of thiazole rings is 1. The predicted octanol–water partition coefficient (Wildman–Crippen LogP) is 3.09. The van der Waals surface area contributed by atoms with Gasteiger partial charge in [-0.25, -0.2) is 4.98 Å². The fourth-order valence-corrected chi connectivity index (χ4v) is 3.82. The lowest BCUT2D eigenvalue weighted by Gasteiger charge is -2.23. The molecule has 0 radical (unpaired) electrons. The second kappa shape index (κ2) is 8.05. The predicted molar refractivity (Wildman–Crippen MR) is 105 cm³/mol. The second-order valence-electron chi connectivity index (χ2n) is 6.67. The lowest BCUT2D eigenvalue weighted by atomic mass is 10.1. The van der Waals surface area contributed by atoms with Crippen LogP contribution >= 0.6 is 11.3 Å². The first-order valence-electron chi connectivity index (χ1n) is 8.75. The number of anilines is 1. The normalized spacial score (nSPS) is 14.1. The second-order valence-corrected chi connectivity index (χ2v) is 7.67. The molecule has 1 aromatic carbocycles. The first-order valence-corrected chi connectivity index (χ1v) is 9.57. The first-order chi connectivity index (χ1) is 12.5. The highest BCUT2D eigenvalue weighted by atomic mass is 32.1. The van der Waals surface area contributed by atoms with Gasteiger partial charge < -0.3 is 14.4 Å². The molecule has 1 aliphatic heterocycles. The fraction of sp³-hybridized carbons (Fsp3) is 0.474. The lowest BCUT2D eigenvalue weighted by Crippen LogP contribution is -2.36. The van der Waals surface area contributed by atoms with Crippen LogP contribution in [0.25, 0.3) is 10.2 Å². The summed E-state index contributed by atoms with van der Waals surface area (Å²) < 4.78 is 11.9. The van der Waals surface area contributed by atoms with Gasteiger partial charge >= 0.3 is 0 Å². The van der Waals surface area contributed by atoms with Crippen LogP contribution in [0.1, 0.15) is 17.5 Å². The molecule has 0 saturated heterocycles. The minimum atomic E-state index is -0.197. The van der Waals surface area contributed by atoms with Gasteiger partial charge in [0.15, 0.2) is 5.13 Å². The number of benzene rings is 1. The van der Waals surface area contributed by atoms with Crippen molar-refractivity contribution in [2.45, 2.75) is 20.3 Å². The number of carbonyl (C=O) groups is 1. The molecule has 26 heavy (non-hydrogen) atoms. The maximum Gasteiger partial charge on any atom is 0.298 e. The van der Waals surface area contributed by atoms with Gasteiger partial charge in [-0.05, 0) is 58.1 Å². The Bertz CT molecular complexity index is 829. The van der Waals surface area contributed by atoms with Gasteiger partial charge in [-0.2, -0.15) is 0 Å². The molecule has 1 aliphatic rings. The number of fused-ring (bicyclic) bond motifs is 1. The molecular weight excluding hydrogens is 350 g/mol. The van der Waals surface area contributed by atoms with E-state index in [9.17, 15) is 4.79 Å². The Morgan fingerprint density at radius 3 is 2.73 bits per heavy atom. The number of rotatable bonds is 6. The monoisotopic (exact) mass is 375 g/mol. The summed E-state index contributed by atoms with van der Waals surface area (Å²) in [6.07, 6.45) is 2.26. The summed E-state index contributed by atoms with van der Waals surface area (Å²) in [7, 11) is 4.05. The summed E-state index contributed by atoms with van der Waals surface area (Å²) in [5, 5.41) is 0.701. The van der Waals surface area contributed by atoms with Crippen LogP contribution in [-0.2, 0) is 14.3 Å². The van der Waals surface area contributed by atoms with Crippen LogP contribution in [0.15, 0.2) is 24.2 Å². The number of aryl methyl sites for hydroxylation is 2. The number of hydrogen-bond acceptors (Lipinski definition) is 6. The number of hydrogen-bond donors (Lipinski definition) is 0. The van der Waals surface area contributed by atoms with E-state index in [1.54, 1.807) is 4.90 Å². The molecule has 140 valence electrons. The van der Waals surface area contributed by atoms with E-state index < -0.39 is 0 Å². The van der Waals surface area contributed by atoms with Crippen LogP contribution in [0, 0.1) is 13.8 Å². The molecule has 0 atom stereocenters. The fourth-order valence-electron chi connectivity index (χ4n) is 2.77. The molecule has 0 bridgehead atoms. The standard InChI is InChI=1S/C19H25N3O3S/c1-13-6-7-16-17(14(13)2)20-19(26-16)22(9-5-8-21(3)4)18(23)15-12-24-10-11-25-15/h6-7,12H,5,8-11H2,1-4H3. The molecular formula is C19H25N3O3S. The number of aromatic nitrogens is 1. The van der Waals surface area contributed by atoms with Crippen LogP contribution in [0.2, 0.25) is 0 Å². The van der Waals surface area contributed by atoms with E-state index in [-0.39, 0.29) is 11.7 Å². The van der Waals surface area contributed by atoms with Gasteiger partial charge in [-0.15, -0.1) is 0 Å². The molecule has 2 aromatic rings. The van der Waals surface area contributed by atoms with Crippen molar-refractivity contribution >= 4 is 32.6 Å². The average Bonchev–Trinajstić information content (AvgIpc) is 3.06. The minimum absolute atomic E-state index is 0.197. The van der Waals surface area contributed by atoms with Crippen LogP contribution in [-0.4, -0.2) is 56.2 Å². The summed E-state index contributed by atoms with van der Waals surface area (Å²) in [6.45, 7) is 6.48. The molecule has 0 fully saturated rings. The molecule has 0 N–H and O–H groups in total. The van der Waals surface area contributed by atoms with Crippen LogP contribution in [0.3, 0.4) is 0 Å². The van der Waals surface area contributed by atoms with E-state index in [2.05, 4.69) is 30.9 Å². The Morgan fingerprint density at radius 2 is 2.04 bits per heavy atom. The molecule has 0 saturated carbocycles. The summed E-state index contributed by atoms with van der Waals surface area (Å²) in [5.41, 5.74) is 3.32. The highest BCUT2D eigenvalue weighted by Gasteiger charge is 2.26. The Hall–Kier alpha value is -2.12. The molecule has 3 rings (SSSR count). The average molecular weight is 375 g/mol. The maximum atomic E-state index is 13.0. The third kappa shape index (κ3) is 3.99. The zero-order valence-corrected chi connectivity index (χ0v) is 16.6. The summed E-state index contributed by atoms with van der Waals surface area (Å²) in [5.74, 6) is 0.0464. The van der Waals surface area contributed by atoms with Crippen molar-refractivity contribution in [3.63, 3.8) is 0 Å². The quantitative estimate of drug-likeness (QED) is 0.777. The molecule has 6 nitrogen and oxygen atoms in total. The molecule has 2 heterocycles. The van der Waals surface area contributed by atoms with E-state index >= 15 is 0 Å². The van der Waals surface area contributed by atoms with Gasteiger partial charge in [0.25, 0.3) is 5.91 Å². The van der Waals surface area contributed by atoms with Crippen molar-refractivity contribution in [1.29, 1.82) is 0 Å². The minimum Gasteiger partial charge on any atom is -0.494 e. The third-order valence-electron chi connectivity index (χ3n) is 4.40. The van der Waals surface area contributed by atoms with Crippen molar-refractivity contribution in [2.24, 2.45) is 0 Å². The van der Waals surface area contributed by atoms with Crippen molar-refractivity contribution in [3.8, 4) is 0 Å². The Labute approximate surface area is 158 Å². The Balaban J connectivity index is 1.92. The highest BCUT2D eigenvalue weighted by Crippen LogP contribution is 2.32. The Kier molecular flexibility index (Phi) is 5.78. The van der Waals surface area contributed by atoms with Crippen LogP contribution < -0.4 is 4.90 Å². The lowest BCUT2D eigenvalue weighted by molar-refractivity contribution is -0.119. The SMILES string of the molecule is Cc1ccc2sc(N(CCCN(C)C)C(=O)C3=COCCO3)nc2c1C. The molecule has 1 amide bonds. The summed E-state index contributed by atoms with van der Waals surface area (Å²) >= 11 is 1.54. The van der Waals surface area contributed by atoms with Crippen molar-refractivity contribution in [3.05, 3.63) is 35.3 Å². The van der Waals surface area contributed by atoms with Gasteiger partial charge in [0.1, 0.15) is 19.5 Å². The number of ether oxygens (including phenoxy) is 2. The number of carbonyl (C=O) groups excluding carboxylic acids is 1. The largest absolute Gasteiger partial charge is 0.494 e. The number of nitrogens with zero attached hydrogens (tertiary/aromatic N) is 3. The zero-order chi connectivity index (χ0) is 18.7.